The van der Waals surface area contributed by atoms with Gasteiger partial charge in [0.05, 0.1) is 0 Å². The van der Waals surface area contributed by atoms with Crippen LogP contribution in [0.3, 0.4) is 0 Å². The molecule has 1 unspecified atom stereocenters. The number of rotatable bonds is 3. The summed E-state index contributed by atoms with van der Waals surface area (Å²) < 4.78 is 11.7. The van der Waals surface area contributed by atoms with Gasteiger partial charge in [-0.3, -0.25) is 0 Å². The van der Waals surface area contributed by atoms with E-state index in [0.717, 1.165) is 17.9 Å². The molecule has 2 heteroatoms. The summed E-state index contributed by atoms with van der Waals surface area (Å²) in [5, 5.41) is 0. The Labute approximate surface area is 114 Å². The Bertz CT molecular complexity index is 544. The van der Waals surface area contributed by atoms with Crippen LogP contribution in [0.5, 0.6) is 11.5 Å². The highest BCUT2D eigenvalue weighted by molar-refractivity contribution is 5.37. The molecule has 2 nitrogen and oxygen atoms in total. The molecule has 0 saturated heterocycles. The summed E-state index contributed by atoms with van der Waals surface area (Å²) >= 11 is 0. The van der Waals surface area contributed by atoms with Crippen LogP contribution in [-0.4, -0.2) is 12.7 Å². The fourth-order valence-corrected chi connectivity index (χ4v) is 2.55. The van der Waals surface area contributed by atoms with Gasteiger partial charge in [0.2, 0.25) is 0 Å². The number of ether oxygens (including phenoxy) is 2. The minimum atomic E-state index is 0.123. The summed E-state index contributed by atoms with van der Waals surface area (Å²) in [5.74, 6) is 1.92. The van der Waals surface area contributed by atoms with E-state index < -0.39 is 0 Å². The van der Waals surface area contributed by atoms with Gasteiger partial charge >= 0.3 is 0 Å². The molecule has 0 amide bonds. The van der Waals surface area contributed by atoms with Crippen LogP contribution in [0.2, 0.25) is 0 Å². The molecule has 0 fully saturated rings. The van der Waals surface area contributed by atoms with Gasteiger partial charge in [-0.25, -0.2) is 0 Å². The van der Waals surface area contributed by atoms with Crippen LogP contribution >= 0.6 is 0 Å². The molecule has 0 radical (unpaired) electrons. The number of hydrogen-bond donors (Lipinski definition) is 0. The van der Waals surface area contributed by atoms with Crippen molar-refractivity contribution in [2.75, 3.05) is 6.61 Å². The average molecular weight is 254 g/mol. The topological polar surface area (TPSA) is 18.5 Å². The van der Waals surface area contributed by atoms with Gasteiger partial charge in [0.1, 0.15) is 24.2 Å². The molecule has 0 bridgehead atoms. The van der Waals surface area contributed by atoms with Crippen LogP contribution in [0.15, 0.2) is 42.5 Å². The van der Waals surface area contributed by atoms with Crippen molar-refractivity contribution < 1.29 is 9.47 Å². The van der Waals surface area contributed by atoms with E-state index >= 15 is 0 Å². The lowest BCUT2D eigenvalue weighted by Gasteiger charge is -2.13. The SMILES string of the molecule is Cc1cc(C)cc(OCC2Cc3ccccc3O2)c1. The maximum atomic E-state index is 5.86. The lowest BCUT2D eigenvalue weighted by atomic mass is 10.1. The summed E-state index contributed by atoms with van der Waals surface area (Å²) in [5.41, 5.74) is 3.73. The molecular weight excluding hydrogens is 236 g/mol. The molecule has 1 aliphatic rings. The van der Waals surface area contributed by atoms with Crippen molar-refractivity contribution >= 4 is 0 Å². The van der Waals surface area contributed by atoms with Gasteiger partial charge in [-0.05, 0) is 48.7 Å². The van der Waals surface area contributed by atoms with Gasteiger partial charge in [0, 0.05) is 6.42 Å². The van der Waals surface area contributed by atoms with Crippen molar-refractivity contribution in [3.63, 3.8) is 0 Å². The first-order valence-electron chi connectivity index (χ1n) is 6.66. The Balaban J connectivity index is 1.62. The summed E-state index contributed by atoms with van der Waals surface area (Å²) in [7, 11) is 0. The normalized spacial score (nSPS) is 16.8. The van der Waals surface area contributed by atoms with Crippen molar-refractivity contribution in [2.45, 2.75) is 26.4 Å². The summed E-state index contributed by atoms with van der Waals surface area (Å²) in [6.07, 6.45) is 1.05. The van der Waals surface area contributed by atoms with Crippen molar-refractivity contribution in [3.8, 4) is 11.5 Å². The third-order valence-corrected chi connectivity index (χ3v) is 3.34. The number of aryl methyl sites for hydroxylation is 2. The molecule has 2 aromatic rings. The highest BCUT2D eigenvalue weighted by atomic mass is 16.5. The van der Waals surface area contributed by atoms with Crippen LogP contribution in [0, 0.1) is 13.8 Å². The molecule has 0 spiro atoms. The van der Waals surface area contributed by atoms with Gasteiger partial charge in [-0.1, -0.05) is 24.3 Å². The van der Waals surface area contributed by atoms with Crippen molar-refractivity contribution in [3.05, 3.63) is 59.2 Å². The van der Waals surface area contributed by atoms with Gasteiger partial charge < -0.3 is 9.47 Å². The van der Waals surface area contributed by atoms with Gasteiger partial charge in [-0.2, -0.15) is 0 Å². The number of benzene rings is 2. The van der Waals surface area contributed by atoms with E-state index in [-0.39, 0.29) is 6.10 Å². The lowest BCUT2D eigenvalue weighted by molar-refractivity contribution is 0.148. The van der Waals surface area contributed by atoms with Gasteiger partial charge in [-0.15, -0.1) is 0 Å². The van der Waals surface area contributed by atoms with Crippen LogP contribution in [0.1, 0.15) is 16.7 Å². The van der Waals surface area contributed by atoms with Gasteiger partial charge in [0.15, 0.2) is 0 Å². The van der Waals surface area contributed by atoms with E-state index in [2.05, 4.69) is 44.2 Å². The first-order chi connectivity index (χ1) is 9.20. The van der Waals surface area contributed by atoms with E-state index in [0.29, 0.717) is 6.61 Å². The fourth-order valence-electron chi connectivity index (χ4n) is 2.55. The summed E-state index contributed by atoms with van der Waals surface area (Å²) in [6, 6.07) is 14.5. The second kappa shape index (κ2) is 4.96. The number of hydrogen-bond acceptors (Lipinski definition) is 2. The zero-order valence-corrected chi connectivity index (χ0v) is 11.3. The molecule has 1 atom stereocenters. The first-order valence-corrected chi connectivity index (χ1v) is 6.66. The second-order valence-electron chi connectivity index (χ2n) is 5.19. The Morgan fingerprint density at radius 2 is 1.84 bits per heavy atom. The Morgan fingerprint density at radius 1 is 1.11 bits per heavy atom. The minimum absolute atomic E-state index is 0.123. The second-order valence-corrected chi connectivity index (χ2v) is 5.19. The molecule has 0 aliphatic carbocycles. The van der Waals surface area contributed by atoms with Crippen LogP contribution in [-0.2, 0) is 6.42 Å². The largest absolute Gasteiger partial charge is 0.490 e. The molecule has 98 valence electrons. The predicted octanol–water partition coefficient (Wildman–Crippen LogP) is 3.69. The molecule has 2 aromatic carbocycles. The Hall–Kier alpha value is -1.96. The standard InChI is InChI=1S/C17H18O2/c1-12-7-13(2)9-15(8-12)18-11-16-10-14-5-3-4-6-17(14)19-16/h3-9,16H,10-11H2,1-2H3. The average Bonchev–Trinajstić information content (AvgIpc) is 2.78. The van der Waals surface area contributed by atoms with Crippen LogP contribution in [0.25, 0.3) is 0 Å². The van der Waals surface area contributed by atoms with E-state index in [9.17, 15) is 0 Å². The monoisotopic (exact) mass is 254 g/mol. The zero-order chi connectivity index (χ0) is 13.2. The molecule has 0 saturated carbocycles. The molecule has 1 heterocycles. The fraction of sp³-hybridized carbons (Fsp3) is 0.294. The maximum Gasteiger partial charge on any atom is 0.137 e. The first kappa shape index (κ1) is 12.1. The maximum absolute atomic E-state index is 5.86. The predicted molar refractivity (Wildman–Crippen MR) is 76.0 cm³/mol. The molecule has 0 aromatic heterocycles. The quantitative estimate of drug-likeness (QED) is 0.831. The van der Waals surface area contributed by atoms with Crippen molar-refractivity contribution in [1.82, 2.24) is 0 Å². The number of para-hydroxylation sites is 1. The molecule has 1 aliphatic heterocycles. The highest BCUT2D eigenvalue weighted by Crippen LogP contribution is 2.28. The minimum Gasteiger partial charge on any atom is -0.490 e. The number of fused-ring (bicyclic) bond motifs is 1. The molecule has 3 rings (SSSR count). The zero-order valence-electron chi connectivity index (χ0n) is 11.3. The van der Waals surface area contributed by atoms with Crippen LogP contribution < -0.4 is 9.47 Å². The molecule has 0 N–H and O–H groups in total. The van der Waals surface area contributed by atoms with Crippen LogP contribution in [0.4, 0.5) is 0 Å². The third-order valence-electron chi connectivity index (χ3n) is 3.34. The van der Waals surface area contributed by atoms with Gasteiger partial charge in [0.25, 0.3) is 0 Å². The van der Waals surface area contributed by atoms with Crippen molar-refractivity contribution in [2.24, 2.45) is 0 Å². The summed E-state index contributed by atoms with van der Waals surface area (Å²) in [4.78, 5) is 0. The van der Waals surface area contributed by atoms with E-state index in [1.54, 1.807) is 0 Å². The Kier molecular flexibility index (Phi) is 3.16. The highest BCUT2D eigenvalue weighted by Gasteiger charge is 2.22. The lowest BCUT2D eigenvalue weighted by Crippen LogP contribution is -2.22. The summed E-state index contributed by atoms with van der Waals surface area (Å²) in [6.45, 7) is 4.77. The Morgan fingerprint density at radius 3 is 2.58 bits per heavy atom. The van der Waals surface area contributed by atoms with E-state index in [4.69, 9.17) is 9.47 Å². The smallest absolute Gasteiger partial charge is 0.137 e. The van der Waals surface area contributed by atoms with E-state index in [1.165, 1.54) is 16.7 Å². The molecular formula is C17H18O2. The third kappa shape index (κ3) is 2.73. The van der Waals surface area contributed by atoms with E-state index in [1.807, 2.05) is 12.1 Å². The molecule has 19 heavy (non-hydrogen) atoms. The van der Waals surface area contributed by atoms with Crippen molar-refractivity contribution in [1.29, 1.82) is 0 Å².